The molecule has 2 aromatic carbocycles. The van der Waals surface area contributed by atoms with Gasteiger partial charge < -0.3 is 4.90 Å². The number of carbonyl (C=O) groups excluding carboxylic acids is 1. The van der Waals surface area contributed by atoms with Crippen molar-refractivity contribution in [2.45, 2.75) is 25.8 Å². The molecule has 0 atom stereocenters. The lowest BCUT2D eigenvalue weighted by Crippen LogP contribution is -2.39. The number of pyridine rings is 1. The fourth-order valence-corrected chi connectivity index (χ4v) is 3.66. The third-order valence-corrected chi connectivity index (χ3v) is 5.07. The first-order valence-electron chi connectivity index (χ1n) is 9.20. The predicted molar refractivity (Wildman–Crippen MR) is 104 cm³/mol. The summed E-state index contributed by atoms with van der Waals surface area (Å²) in [5.74, 6) is -0.0384. The standard InChI is InChI=1S/C22H22N2O2/c25-21-19-12-6-5-11-18(19)15-20(22(26)23-13-7-2-8-14-23)24(21)16-17-9-3-1-4-10-17/h1,3-6,9-12,15H,2,7-8,13-14,16H2. The van der Waals surface area contributed by atoms with E-state index >= 15 is 0 Å². The Morgan fingerprint density at radius 1 is 0.885 bits per heavy atom. The van der Waals surface area contributed by atoms with Gasteiger partial charge in [0.2, 0.25) is 0 Å². The second kappa shape index (κ2) is 7.16. The molecule has 1 aliphatic rings. The maximum atomic E-state index is 13.2. The van der Waals surface area contributed by atoms with Crippen molar-refractivity contribution >= 4 is 16.7 Å². The highest BCUT2D eigenvalue weighted by Gasteiger charge is 2.22. The third kappa shape index (κ3) is 3.15. The molecule has 2 heterocycles. The van der Waals surface area contributed by atoms with Gasteiger partial charge in [-0.1, -0.05) is 48.5 Å². The molecule has 0 bridgehead atoms. The topological polar surface area (TPSA) is 42.3 Å². The van der Waals surface area contributed by atoms with Gasteiger partial charge >= 0.3 is 0 Å². The molecule has 4 heteroatoms. The largest absolute Gasteiger partial charge is 0.337 e. The molecule has 4 nitrogen and oxygen atoms in total. The van der Waals surface area contributed by atoms with Crippen molar-refractivity contribution in [3.8, 4) is 0 Å². The number of carbonyl (C=O) groups is 1. The Balaban J connectivity index is 1.84. The molecule has 4 rings (SSSR count). The van der Waals surface area contributed by atoms with Crippen molar-refractivity contribution in [1.82, 2.24) is 9.47 Å². The zero-order valence-electron chi connectivity index (χ0n) is 14.7. The molecule has 1 amide bonds. The molecule has 3 aromatic rings. The molecule has 0 spiro atoms. The van der Waals surface area contributed by atoms with Gasteiger partial charge in [0.1, 0.15) is 5.69 Å². The number of likely N-dealkylation sites (tertiary alicyclic amines) is 1. The number of amides is 1. The van der Waals surface area contributed by atoms with Crippen LogP contribution in [0.3, 0.4) is 0 Å². The lowest BCUT2D eigenvalue weighted by molar-refractivity contribution is 0.0712. The Kier molecular flexibility index (Phi) is 4.57. The highest BCUT2D eigenvalue weighted by molar-refractivity contribution is 5.96. The Labute approximate surface area is 152 Å². The van der Waals surface area contributed by atoms with Crippen LogP contribution in [0.1, 0.15) is 35.3 Å². The number of fused-ring (bicyclic) bond motifs is 1. The Morgan fingerprint density at radius 3 is 2.35 bits per heavy atom. The number of aromatic nitrogens is 1. The van der Waals surface area contributed by atoms with Gasteiger partial charge in [-0.2, -0.15) is 0 Å². The van der Waals surface area contributed by atoms with E-state index in [-0.39, 0.29) is 11.5 Å². The maximum Gasteiger partial charge on any atom is 0.270 e. The van der Waals surface area contributed by atoms with Crippen LogP contribution in [0.2, 0.25) is 0 Å². The summed E-state index contributed by atoms with van der Waals surface area (Å²) >= 11 is 0. The Bertz CT molecular complexity index is 986. The number of piperidine rings is 1. The number of rotatable bonds is 3. The monoisotopic (exact) mass is 346 g/mol. The molecule has 0 unspecified atom stereocenters. The molecular weight excluding hydrogens is 324 g/mol. The van der Waals surface area contributed by atoms with Gasteiger partial charge in [-0.15, -0.1) is 0 Å². The third-order valence-electron chi connectivity index (χ3n) is 5.07. The van der Waals surface area contributed by atoms with Crippen LogP contribution in [0.15, 0.2) is 65.5 Å². The highest BCUT2D eigenvalue weighted by Crippen LogP contribution is 2.18. The van der Waals surface area contributed by atoms with Crippen LogP contribution in [0.25, 0.3) is 10.8 Å². The lowest BCUT2D eigenvalue weighted by Gasteiger charge is -2.28. The van der Waals surface area contributed by atoms with E-state index in [2.05, 4.69) is 0 Å². The molecule has 1 fully saturated rings. The molecule has 132 valence electrons. The molecule has 1 saturated heterocycles. The number of benzene rings is 2. The second-order valence-electron chi connectivity index (χ2n) is 6.85. The number of nitrogens with zero attached hydrogens (tertiary/aromatic N) is 2. The molecule has 0 saturated carbocycles. The van der Waals surface area contributed by atoms with Gasteiger partial charge in [-0.05, 0) is 42.3 Å². The minimum absolute atomic E-state index is 0.0384. The lowest BCUT2D eigenvalue weighted by atomic mass is 10.1. The van der Waals surface area contributed by atoms with E-state index in [1.807, 2.05) is 65.6 Å². The van der Waals surface area contributed by atoms with Crippen LogP contribution < -0.4 is 5.56 Å². The molecule has 0 radical (unpaired) electrons. The summed E-state index contributed by atoms with van der Waals surface area (Å²) in [6.45, 7) is 1.94. The molecule has 26 heavy (non-hydrogen) atoms. The predicted octanol–water partition coefficient (Wildman–Crippen LogP) is 3.68. The fourth-order valence-electron chi connectivity index (χ4n) is 3.66. The van der Waals surface area contributed by atoms with Gasteiger partial charge in [-0.25, -0.2) is 0 Å². The van der Waals surface area contributed by atoms with E-state index in [1.54, 1.807) is 4.57 Å². The van der Waals surface area contributed by atoms with Gasteiger partial charge in [0, 0.05) is 18.5 Å². The molecule has 0 aliphatic carbocycles. The van der Waals surface area contributed by atoms with Crippen molar-refractivity contribution in [3.63, 3.8) is 0 Å². The van der Waals surface area contributed by atoms with Crippen molar-refractivity contribution in [2.24, 2.45) is 0 Å². The molecule has 0 N–H and O–H groups in total. The normalized spacial score (nSPS) is 14.5. The van der Waals surface area contributed by atoms with Crippen LogP contribution in [-0.4, -0.2) is 28.5 Å². The Hall–Kier alpha value is -2.88. The van der Waals surface area contributed by atoms with Crippen molar-refractivity contribution in [2.75, 3.05) is 13.1 Å². The summed E-state index contributed by atoms with van der Waals surface area (Å²) in [6, 6.07) is 19.2. The summed E-state index contributed by atoms with van der Waals surface area (Å²) in [6.07, 6.45) is 3.22. The van der Waals surface area contributed by atoms with Crippen LogP contribution in [0.5, 0.6) is 0 Å². The van der Waals surface area contributed by atoms with Gasteiger partial charge in [0.25, 0.3) is 11.5 Å². The zero-order chi connectivity index (χ0) is 17.9. The van der Waals surface area contributed by atoms with E-state index < -0.39 is 0 Å². The van der Waals surface area contributed by atoms with E-state index in [4.69, 9.17) is 0 Å². The first kappa shape index (κ1) is 16.6. The van der Waals surface area contributed by atoms with Gasteiger partial charge in [-0.3, -0.25) is 14.2 Å². The Morgan fingerprint density at radius 2 is 1.58 bits per heavy atom. The van der Waals surface area contributed by atoms with Crippen molar-refractivity contribution < 1.29 is 4.79 Å². The molecule has 1 aliphatic heterocycles. The number of hydrogen-bond donors (Lipinski definition) is 0. The minimum atomic E-state index is -0.104. The minimum Gasteiger partial charge on any atom is -0.337 e. The molecular formula is C22H22N2O2. The second-order valence-corrected chi connectivity index (χ2v) is 6.85. The summed E-state index contributed by atoms with van der Waals surface area (Å²) in [5, 5.41) is 1.47. The SMILES string of the molecule is O=C(c1cc2ccccc2c(=O)n1Cc1ccccc1)N1CCCCC1. The zero-order valence-corrected chi connectivity index (χ0v) is 14.7. The summed E-state index contributed by atoms with van der Waals surface area (Å²) in [5.41, 5.74) is 1.39. The van der Waals surface area contributed by atoms with Crippen LogP contribution >= 0.6 is 0 Å². The van der Waals surface area contributed by atoms with Gasteiger partial charge in [0.15, 0.2) is 0 Å². The van der Waals surface area contributed by atoms with E-state index in [0.717, 1.165) is 36.9 Å². The van der Waals surface area contributed by atoms with E-state index in [0.29, 0.717) is 17.6 Å². The maximum absolute atomic E-state index is 13.2. The fraction of sp³-hybridized carbons (Fsp3) is 0.273. The first-order valence-corrected chi connectivity index (χ1v) is 9.20. The van der Waals surface area contributed by atoms with Crippen LogP contribution in [0.4, 0.5) is 0 Å². The summed E-state index contributed by atoms with van der Waals surface area (Å²) in [7, 11) is 0. The van der Waals surface area contributed by atoms with Crippen molar-refractivity contribution in [3.05, 3.63) is 82.3 Å². The summed E-state index contributed by atoms with van der Waals surface area (Å²) in [4.78, 5) is 28.2. The van der Waals surface area contributed by atoms with Crippen LogP contribution in [0, 0.1) is 0 Å². The van der Waals surface area contributed by atoms with Crippen molar-refractivity contribution in [1.29, 1.82) is 0 Å². The first-order chi connectivity index (χ1) is 12.7. The average Bonchev–Trinajstić information content (AvgIpc) is 2.71. The van der Waals surface area contributed by atoms with Gasteiger partial charge in [0.05, 0.1) is 6.54 Å². The quantitative estimate of drug-likeness (QED) is 0.726. The summed E-state index contributed by atoms with van der Waals surface area (Å²) < 4.78 is 1.63. The number of hydrogen-bond acceptors (Lipinski definition) is 2. The average molecular weight is 346 g/mol. The van der Waals surface area contributed by atoms with E-state index in [9.17, 15) is 9.59 Å². The van der Waals surface area contributed by atoms with E-state index in [1.165, 1.54) is 6.42 Å². The van der Waals surface area contributed by atoms with Crippen LogP contribution in [-0.2, 0) is 6.54 Å². The molecule has 1 aromatic heterocycles. The smallest absolute Gasteiger partial charge is 0.270 e. The highest BCUT2D eigenvalue weighted by atomic mass is 16.2.